The summed E-state index contributed by atoms with van der Waals surface area (Å²) in [5.74, 6) is -0.309. The monoisotopic (exact) mass is 236 g/mol. The molecule has 0 radical (unpaired) electrons. The Morgan fingerprint density at radius 3 is 2.65 bits per heavy atom. The number of amides is 1. The predicted molar refractivity (Wildman–Crippen MR) is 67.2 cm³/mol. The third-order valence-corrected chi connectivity index (χ3v) is 2.83. The molecule has 17 heavy (non-hydrogen) atoms. The van der Waals surface area contributed by atoms with Gasteiger partial charge in [0.1, 0.15) is 0 Å². The topological polar surface area (TPSA) is 85.2 Å². The summed E-state index contributed by atoms with van der Waals surface area (Å²) in [7, 11) is 1.96. The van der Waals surface area contributed by atoms with Crippen LogP contribution in [0.4, 0.5) is 0 Å². The van der Waals surface area contributed by atoms with Crippen LogP contribution in [-0.2, 0) is 11.2 Å². The average molecular weight is 236 g/mol. The molecule has 0 fully saturated rings. The van der Waals surface area contributed by atoms with Gasteiger partial charge in [-0.1, -0.05) is 0 Å². The summed E-state index contributed by atoms with van der Waals surface area (Å²) in [6.45, 7) is 1.29. The maximum Gasteiger partial charge on any atom is 0.219 e. The third kappa shape index (κ3) is 4.93. The van der Waals surface area contributed by atoms with Gasteiger partial charge in [0, 0.05) is 37.9 Å². The lowest BCUT2D eigenvalue weighted by Crippen LogP contribution is -2.41. The van der Waals surface area contributed by atoms with Gasteiger partial charge in [0.05, 0.1) is 0 Å². The number of hydrogen-bond donors (Lipinski definition) is 2. The van der Waals surface area contributed by atoms with Crippen molar-refractivity contribution in [3.8, 4) is 0 Å². The first-order chi connectivity index (χ1) is 8.13. The second-order valence-corrected chi connectivity index (χ2v) is 4.15. The van der Waals surface area contributed by atoms with Crippen molar-refractivity contribution in [2.45, 2.75) is 18.9 Å². The number of nitrogens with zero attached hydrogens (tertiary/aromatic N) is 2. The summed E-state index contributed by atoms with van der Waals surface area (Å²) in [6, 6.07) is 3.99. The Balaban J connectivity index is 2.42. The molecule has 0 bridgehead atoms. The number of carbonyl (C=O) groups is 1. The van der Waals surface area contributed by atoms with Crippen LogP contribution in [0.3, 0.4) is 0 Å². The number of nitrogens with two attached hydrogens (primary N) is 2. The fourth-order valence-electron chi connectivity index (χ4n) is 1.69. The minimum atomic E-state index is -0.309. The molecule has 1 rings (SSSR count). The molecule has 5 heteroatoms. The average Bonchev–Trinajstić information content (AvgIpc) is 2.34. The zero-order valence-corrected chi connectivity index (χ0v) is 10.2. The second-order valence-electron chi connectivity index (χ2n) is 4.15. The predicted octanol–water partition coefficient (Wildman–Crippen LogP) is -0.241. The molecule has 0 spiro atoms. The van der Waals surface area contributed by atoms with Crippen LogP contribution < -0.4 is 11.5 Å². The van der Waals surface area contributed by atoms with Crippen molar-refractivity contribution in [3.05, 3.63) is 30.1 Å². The molecule has 0 aliphatic rings. The Kier molecular flexibility index (Phi) is 5.59. The van der Waals surface area contributed by atoms with Gasteiger partial charge in [0.15, 0.2) is 0 Å². The SMILES string of the molecule is CN(CCc1ccncc1)C(CN)CC(N)=O. The van der Waals surface area contributed by atoms with Crippen molar-refractivity contribution in [1.29, 1.82) is 0 Å². The van der Waals surface area contributed by atoms with E-state index in [-0.39, 0.29) is 11.9 Å². The molecule has 0 aromatic carbocycles. The van der Waals surface area contributed by atoms with E-state index < -0.39 is 0 Å². The lowest BCUT2D eigenvalue weighted by atomic mass is 10.1. The van der Waals surface area contributed by atoms with Gasteiger partial charge >= 0.3 is 0 Å². The van der Waals surface area contributed by atoms with Gasteiger partial charge in [-0.3, -0.25) is 9.78 Å². The Hall–Kier alpha value is -1.46. The Morgan fingerprint density at radius 1 is 1.47 bits per heavy atom. The highest BCUT2D eigenvalue weighted by atomic mass is 16.1. The van der Waals surface area contributed by atoms with E-state index in [1.54, 1.807) is 12.4 Å². The lowest BCUT2D eigenvalue weighted by Gasteiger charge is -2.25. The van der Waals surface area contributed by atoms with Crippen LogP contribution in [-0.4, -0.2) is 42.0 Å². The summed E-state index contributed by atoms with van der Waals surface area (Å²) in [5, 5.41) is 0. The van der Waals surface area contributed by atoms with Gasteiger partial charge in [0.2, 0.25) is 5.91 Å². The number of carbonyl (C=O) groups excluding carboxylic acids is 1. The molecule has 0 aliphatic carbocycles. The van der Waals surface area contributed by atoms with Gasteiger partial charge in [-0.25, -0.2) is 0 Å². The summed E-state index contributed by atoms with van der Waals surface area (Å²) in [4.78, 5) is 16.9. The van der Waals surface area contributed by atoms with E-state index in [2.05, 4.69) is 9.88 Å². The number of hydrogen-bond acceptors (Lipinski definition) is 4. The summed E-state index contributed by atoms with van der Waals surface area (Å²) >= 11 is 0. The fourth-order valence-corrected chi connectivity index (χ4v) is 1.69. The van der Waals surface area contributed by atoms with Crippen LogP contribution >= 0.6 is 0 Å². The molecule has 1 heterocycles. The highest BCUT2D eigenvalue weighted by Gasteiger charge is 2.15. The summed E-state index contributed by atoms with van der Waals surface area (Å²) in [6.07, 6.45) is 4.77. The van der Waals surface area contributed by atoms with E-state index in [4.69, 9.17) is 11.5 Å². The molecule has 5 nitrogen and oxygen atoms in total. The van der Waals surface area contributed by atoms with E-state index in [0.717, 1.165) is 13.0 Å². The number of rotatable bonds is 7. The van der Waals surface area contributed by atoms with E-state index >= 15 is 0 Å². The first-order valence-electron chi connectivity index (χ1n) is 5.71. The zero-order valence-electron chi connectivity index (χ0n) is 10.2. The smallest absolute Gasteiger partial charge is 0.219 e. The maximum absolute atomic E-state index is 10.9. The van der Waals surface area contributed by atoms with Crippen molar-refractivity contribution in [2.24, 2.45) is 11.5 Å². The first kappa shape index (κ1) is 13.6. The molecule has 1 aromatic heterocycles. The molecule has 1 aromatic rings. The van der Waals surface area contributed by atoms with E-state index in [0.29, 0.717) is 13.0 Å². The minimum Gasteiger partial charge on any atom is -0.370 e. The van der Waals surface area contributed by atoms with Gasteiger partial charge in [-0.15, -0.1) is 0 Å². The third-order valence-electron chi connectivity index (χ3n) is 2.83. The normalized spacial score (nSPS) is 12.6. The van der Waals surface area contributed by atoms with Crippen LogP contribution in [0.1, 0.15) is 12.0 Å². The number of pyridine rings is 1. The van der Waals surface area contributed by atoms with Crippen LogP contribution in [0.5, 0.6) is 0 Å². The van der Waals surface area contributed by atoms with Crippen molar-refractivity contribution in [3.63, 3.8) is 0 Å². The summed E-state index contributed by atoms with van der Waals surface area (Å²) in [5.41, 5.74) is 12.0. The van der Waals surface area contributed by atoms with Gasteiger partial charge in [0.25, 0.3) is 0 Å². The van der Waals surface area contributed by atoms with Crippen LogP contribution in [0.2, 0.25) is 0 Å². The van der Waals surface area contributed by atoms with Crippen LogP contribution in [0.15, 0.2) is 24.5 Å². The van der Waals surface area contributed by atoms with Crippen molar-refractivity contribution < 1.29 is 4.79 Å². The number of likely N-dealkylation sites (N-methyl/N-ethyl adjacent to an activating group) is 1. The molecular formula is C12H20N4O. The highest BCUT2D eigenvalue weighted by molar-refractivity contribution is 5.74. The molecule has 94 valence electrons. The quantitative estimate of drug-likeness (QED) is 0.684. The Bertz CT molecular complexity index is 342. The zero-order chi connectivity index (χ0) is 12.7. The van der Waals surface area contributed by atoms with Crippen LogP contribution in [0, 0.1) is 0 Å². The van der Waals surface area contributed by atoms with E-state index in [1.165, 1.54) is 5.56 Å². The molecule has 0 saturated carbocycles. The van der Waals surface area contributed by atoms with Crippen LogP contribution in [0.25, 0.3) is 0 Å². The fraction of sp³-hybridized carbons (Fsp3) is 0.500. The molecule has 0 aliphatic heterocycles. The molecule has 0 saturated heterocycles. The molecule has 1 amide bonds. The number of primary amides is 1. The van der Waals surface area contributed by atoms with Crippen molar-refractivity contribution in [2.75, 3.05) is 20.1 Å². The minimum absolute atomic E-state index is 0.0225. The van der Waals surface area contributed by atoms with Crippen molar-refractivity contribution in [1.82, 2.24) is 9.88 Å². The standard InChI is InChI=1S/C12H20N4O/c1-16(11(9-13)8-12(14)17)7-4-10-2-5-15-6-3-10/h2-3,5-6,11H,4,7-9,13H2,1H3,(H2,14,17). The van der Waals surface area contributed by atoms with Gasteiger partial charge in [-0.05, 0) is 31.2 Å². The molecular weight excluding hydrogens is 216 g/mol. The van der Waals surface area contributed by atoms with Gasteiger partial charge < -0.3 is 16.4 Å². The molecule has 1 unspecified atom stereocenters. The van der Waals surface area contributed by atoms with E-state index in [9.17, 15) is 4.79 Å². The van der Waals surface area contributed by atoms with Crippen molar-refractivity contribution >= 4 is 5.91 Å². The number of aromatic nitrogens is 1. The van der Waals surface area contributed by atoms with Gasteiger partial charge in [-0.2, -0.15) is 0 Å². The first-order valence-corrected chi connectivity index (χ1v) is 5.71. The Morgan fingerprint density at radius 2 is 2.12 bits per heavy atom. The lowest BCUT2D eigenvalue weighted by molar-refractivity contribution is -0.119. The largest absolute Gasteiger partial charge is 0.370 e. The highest BCUT2D eigenvalue weighted by Crippen LogP contribution is 2.04. The molecule has 1 atom stereocenters. The Labute approximate surface area is 102 Å². The summed E-state index contributed by atoms with van der Waals surface area (Å²) < 4.78 is 0. The van der Waals surface area contributed by atoms with E-state index in [1.807, 2.05) is 19.2 Å². The molecule has 4 N–H and O–H groups in total. The second kappa shape index (κ2) is 6.98. The maximum atomic E-state index is 10.9.